The Bertz CT molecular complexity index is 1070. The van der Waals surface area contributed by atoms with E-state index in [9.17, 15) is 9.18 Å². The van der Waals surface area contributed by atoms with Gasteiger partial charge in [0, 0.05) is 28.7 Å². The molecule has 0 radical (unpaired) electrons. The molecular formula is C21H19Cl2FN4O. The van der Waals surface area contributed by atoms with Crippen LogP contribution in [-0.2, 0) is 24.2 Å². The van der Waals surface area contributed by atoms with Crippen molar-refractivity contribution in [3.05, 3.63) is 63.6 Å². The van der Waals surface area contributed by atoms with Gasteiger partial charge in [-0.05, 0) is 48.7 Å². The zero-order chi connectivity index (χ0) is 20.4. The number of fused-ring (bicyclic) bond motifs is 1. The molecule has 0 saturated heterocycles. The molecule has 29 heavy (non-hydrogen) atoms. The van der Waals surface area contributed by atoms with Gasteiger partial charge in [0.1, 0.15) is 11.6 Å². The Kier molecular flexibility index (Phi) is 5.83. The molecule has 150 valence electrons. The quantitative estimate of drug-likeness (QED) is 0.608. The first-order valence-corrected chi connectivity index (χ1v) is 10.2. The minimum Gasteiger partial charge on any atom is -0.326 e. The van der Waals surface area contributed by atoms with Crippen molar-refractivity contribution in [1.29, 1.82) is 0 Å². The second-order valence-corrected chi connectivity index (χ2v) is 7.90. The smallest absolute Gasteiger partial charge is 0.228 e. The monoisotopic (exact) mass is 432 g/mol. The highest BCUT2D eigenvalue weighted by Crippen LogP contribution is 2.28. The average Bonchev–Trinajstić information content (AvgIpc) is 2.93. The summed E-state index contributed by atoms with van der Waals surface area (Å²) in [7, 11) is 0. The average molecular weight is 433 g/mol. The molecule has 1 aliphatic rings. The largest absolute Gasteiger partial charge is 0.326 e. The predicted octanol–water partition coefficient (Wildman–Crippen LogP) is 5.30. The lowest BCUT2D eigenvalue weighted by Crippen LogP contribution is -2.15. The number of hydrogen-bond donors (Lipinski definition) is 1. The minimum absolute atomic E-state index is 0.0864. The van der Waals surface area contributed by atoms with E-state index in [-0.39, 0.29) is 12.3 Å². The zero-order valence-electron chi connectivity index (χ0n) is 15.6. The molecule has 0 atom stereocenters. The Labute approximate surface area is 177 Å². The van der Waals surface area contributed by atoms with Crippen LogP contribution < -0.4 is 5.32 Å². The molecule has 1 amide bonds. The second kappa shape index (κ2) is 8.51. The van der Waals surface area contributed by atoms with E-state index in [1.165, 1.54) is 12.1 Å². The summed E-state index contributed by atoms with van der Waals surface area (Å²) in [6.07, 6.45) is 4.12. The number of amides is 1. The van der Waals surface area contributed by atoms with Crippen LogP contribution in [0.5, 0.6) is 0 Å². The first-order chi connectivity index (χ1) is 14.0. The van der Waals surface area contributed by atoms with E-state index in [2.05, 4.69) is 15.5 Å². The van der Waals surface area contributed by atoms with Crippen LogP contribution in [0, 0.1) is 5.82 Å². The van der Waals surface area contributed by atoms with Crippen molar-refractivity contribution in [2.24, 2.45) is 0 Å². The van der Waals surface area contributed by atoms with Crippen LogP contribution in [0.25, 0.3) is 11.4 Å². The van der Waals surface area contributed by atoms with Crippen LogP contribution in [0.2, 0.25) is 10.0 Å². The van der Waals surface area contributed by atoms with E-state index in [0.29, 0.717) is 32.7 Å². The SMILES string of the molecule is O=C(Cc1ccc(Cl)cc1Cl)Nc1ccc(F)c(-c2nnc3n2CCCCC3)c1. The lowest BCUT2D eigenvalue weighted by Gasteiger charge is -2.11. The molecule has 2 heterocycles. The van der Waals surface area contributed by atoms with Crippen molar-refractivity contribution in [2.75, 3.05) is 5.32 Å². The van der Waals surface area contributed by atoms with E-state index in [1.807, 2.05) is 4.57 Å². The summed E-state index contributed by atoms with van der Waals surface area (Å²) < 4.78 is 16.5. The first-order valence-electron chi connectivity index (χ1n) is 9.47. The summed E-state index contributed by atoms with van der Waals surface area (Å²) in [6.45, 7) is 0.767. The Hall–Kier alpha value is -2.44. The summed E-state index contributed by atoms with van der Waals surface area (Å²) in [5.74, 6) is 0.718. The minimum atomic E-state index is -0.400. The summed E-state index contributed by atoms with van der Waals surface area (Å²) >= 11 is 12.0. The summed E-state index contributed by atoms with van der Waals surface area (Å²) in [4.78, 5) is 12.5. The Morgan fingerprint density at radius 3 is 2.79 bits per heavy atom. The Morgan fingerprint density at radius 2 is 1.97 bits per heavy atom. The number of aromatic nitrogens is 3. The molecule has 0 aliphatic carbocycles. The molecule has 0 bridgehead atoms. The maximum Gasteiger partial charge on any atom is 0.228 e. The van der Waals surface area contributed by atoms with E-state index >= 15 is 0 Å². The third kappa shape index (κ3) is 4.43. The van der Waals surface area contributed by atoms with E-state index in [1.54, 1.807) is 24.3 Å². The number of nitrogens with zero attached hydrogens (tertiary/aromatic N) is 3. The zero-order valence-corrected chi connectivity index (χ0v) is 17.1. The number of anilines is 1. The lowest BCUT2D eigenvalue weighted by atomic mass is 10.1. The normalized spacial score (nSPS) is 13.6. The van der Waals surface area contributed by atoms with Gasteiger partial charge in [-0.1, -0.05) is 35.7 Å². The molecule has 1 aromatic heterocycles. The number of hydrogen-bond acceptors (Lipinski definition) is 3. The topological polar surface area (TPSA) is 59.8 Å². The number of carbonyl (C=O) groups is 1. The third-order valence-corrected chi connectivity index (χ3v) is 5.55. The molecule has 0 fully saturated rings. The van der Waals surface area contributed by atoms with E-state index in [0.717, 1.165) is 38.1 Å². The van der Waals surface area contributed by atoms with Gasteiger partial charge in [-0.3, -0.25) is 4.79 Å². The van der Waals surface area contributed by atoms with Gasteiger partial charge in [0.15, 0.2) is 5.82 Å². The van der Waals surface area contributed by atoms with Crippen LogP contribution in [0.4, 0.5) is 10.1 Å². The number of carbonyl (C=O) groups excluding carboxylic acids is 1. The van der Waals surface area contributed by atoms with Gasteiger partial charge in [-0.25, -0.2) is 4.39 Å². The molecule has 0 unspecified atom stereocenters. The van der Waals surface area contributed by atoms with Gasteiger partial charge >= 0.3 is 0 Å². The maximum atomic E-state index is 14.6. The van der Waals surface area contributed by atoms with Crippen LogP contribution in [0.15, 0.2) is 36.4 Å². The molecule has 5 nitrogen and oxygen atoms in total. The highest BCUT2D eigenvalue weighted by molar-refractivity contribution is 6.35. The maximum absolute atomic E-state index is 14.6. The summed E-state index contributed by atoms with van der Waals surface area (Å²) in [5.41, 5.74) is 1.48. The second-order valence-electron chi connectivity index (χ2n) is 7.06. The van der Waals surface area contributed by atoms with Gasteiger partial charge in [0.2, 0.25) is 5.91 Å². The molecule has 4 rings (SSSR count). The third-order valence-electron chi connectivity index (χ3n) is 4.97. The Balaban J connectivity index is 1.56. The van der Waals surface area contributed by atoms with Crippen LogP contribution in [-0.4, -0.2) is 20.7 Å². The van der Waals surface area contributed by atoms with Crippen molar-refractivity contribution in [3.63, 3.8) is 0 Å². The fourth-order valence-electron chi connectivity index (χ4n) is 3.50. The van der Waals surface area contributed by atoms with Gasteiger partial charge < -0.3 is 9.88 Å². The molecule has 0 spiro atoms. The molecule has 3 aromatic rings. The van der Waals surface area contributed by atoms with E-state index in [4.69, 9.17) is 23.2 Å². The van der Waals surface area contributed by atoms with Crippen molar-refractivity contribution < 1.29 is 9.18 Å². The standard InChI is InChI=1S/C21H19Cl2FN4O/c22-14-6-5-13(17(23)11-14)10-20(29)25-15-7-8-18(24)16(12-15)21-27-26-19-4-2-1-3-9-28(19)21/h5-8,11-12H,1-4,9-10H2,(H,25,29). The Morgan fingerprint density at radius 1 is 1.10 bits per heavy atom. The summed E-state index contributed by atoms with van der Waals surface area (Å²) in [5, 5.41) is 12.2. The number of aryl methyl sites for hydroxylation is 1. The lowest BCUT2D eigenvalue weighted by molar-refractivity contribution is -0.115. The highest BCUT2D eigenvalue weighted by Gasteiger charge is 2.19. The number of rotatable bonds is 4. The van der Waals surface area contributed by atoms with Crippen LogP contribution in [0.3, 0.4) is 0 Å². The predicted molar refractivity (Wildman–Crippen MR) is 112 cm³/mol. The van der Waals surface area contributed by atoms with Gasteiger partial charge in [0.05, 0.1) is 12.0 Å². The fourth-order valence-corrected chi connectivity index (χ4v) is 3.98. The van der Waals surface area contributed by atoms with Crippen LogP contribution in [0.1, 0.15) is 30.7 Å². The molecule has 8 heteroatoms. The molecule has 2 aromatic carbocycles. The van der Waals surface area contributed by atoms with Gasteiger partial charge in [0.25, 0.3) is 0 Å². The number of nitrogens with one attached hydrogen (secondary N) is 1. The van der Waals surface area contributed by atoms with Gasteiger partial charge in [-0.2, -0.15) is 0 Å². The van der Waals surface area contributed by atoms with Crippen LogP contribution >= 0.6 is 23.2 Å². The number of halogens is 3. The highest BCUT2D eigenvalue weighted by atomic mass is 35.5. The van der Waals surface area contributed by atoms with Crippen molar-refractivity contribution in [2.45, 2.75) is 38.6 Å². The number of benzene rings is 2. The van der Waals surface area contributed by atoms with Crippen molar-refractivity contribution in [1.82, 2.24) is 14.8 Å². The van der Waals surface area contributed by atoms with E-state index < -0.39 is 5.82 Å². The van der Waals surface area contributed by atoms with Crippen molar-refractivity contribution in [3.8, 4) is 11.4 Å². The molecule has 0 saturated carbocycles. The first kappa shape index (κ1) is 19.9. The molecular weight excluding hydrogens is 414 g/mol. The molecule has 1 N–H and O–H groups in total. The summed E-state index contributed by atoms with van der Waals surface area (Å²) in [6, 6.07) is 9.45. The molecule has 1 aliphatic heterocycles. The van der Waals surface area contributed by atoms with Gasteiger partial charge in [-0.15, -0.1) is 10.2 Å². The van der Waals surface area contributed by atoms with Crippen molar-refractivity contribution >= 4 is 34.8 Å². The fraction of sp³-hybridized carbons (Fsp3) is 0.286.